The molecule has 0 saturated carbocycles. The van der Waals surface area contributed by atoms with Gasteiger partial charge in [-0.05, 0) is 12.1 Å². The van der Waals surface area contributed by atoms with E-state index in [1.54, 1.807) is 49.2 Å². The number of amides is 1. The third-order valence-electron chi connectivity index (χ3n) is 4.29. The predicted octanol–water partition coefficient (Wildman–Crippen LogP) is 0.859. The zero-order chi connectivity index (χ0) is 18.7. The fourth-order valence-corrected chi connectivity index (χ4v) is 2.97. The number of rotatable bonds is 5. The summed E-state index contributed by atoms with van der Waals surface area (Å²) in [5.41, 5.74) is 1.67. The number of carbonyl (C=O) groups is 2. The summed E-state index contributed by atoms with van der Waals surface area (Å²) in [5.74, 6) is -1.03. The van der Waals surface area contributed by atoms with Crippen molar-refractivity contribution in [1.29, 1.82) is 0 Å². The molecule has 0 spiro atoms. The van der Waals surface area contributed by atoms with E-state index in [1.165, 1.54) is 4.90 Å². The van der Waals surface area contributed by atoms with Crippen molar-refractivity contribution < 1.29 is 19.4 Å². The van der Waals surface area contributed by atoms with Crippen LogP contribution in [0, 0.1) is 0 Å². The lowest BCUT2D eigenvalue weighted by molar-refractivity contribution is -0.147. The van der Waals surface area contributed by atoms with Gasteiger partial charge in [0.15, 0.2) is 0 Å². The zero-order valence-electron chi connectivity index (χ0n) is 14.8. The third kappa shape index (κ3) is 3.92. The molecule has 1 aliphatic rings. The van der Waals surface area contributed by atoms with Crippen LogP contribution in [-0.2, 0) is 16.1 Å². The molecule has 0 bridgehead atoms. The summed E-state index contributed by atoms with van der Waals surface area (Å²) in [5, 5.41) is 13.6. The highest BCUT2D eigenvalue weighted by Gasteiger charge is 2.28. The molecule has 8 heteroatoms. The van der Waals surface area contributed by atoms with Crippen molar-refractivity contribution in [3.05, 3.63) is 47.8 Å². The summed E-state index contributed by atoms with van der Waals surface area (Å²) >= 11 is 0. The Morgan fingerprint density at radius 3 is 2.85 bits per heavy atom. The van der Waals surface area contributed by atoms with Crippen LogP contribution in [0.4, 0.5) is 0 Å². The lowest BCUT2D eigenvalue weighted by Crippen LogP contribution is -2.49. The van der Waals surface area contributed by atoms with Crippen molar-refractivity contribution in [2.75, 3.05) is 33.8 Å². The van der Waals surface area contributed by atoms with Gasteiger partial charge < -0.3 is 14.7 Å². The van der Waals surface area contributed by atoms with Crippen molar-refractivity contribution in [3.8, 4) is 5.69 Å². The van der Waals surface area contributed by atoms with Gasteiger partial charge in [0.25, 0.3) is 5.91 Å². The van der Waals surface area contributed by atoms with E-state index in [0.717, 1.165) is 12.1 Å². The molecular formula is C18H22N4O4. The minimum atomic E-state index is -0.990. The normalized spacial score (nSPS) is 17.8. The van der Waals surface area contributed by atoms with Crippen LogP contribution in [0.1, 0.15) is 15.9 Å². The Bertz CT molecular complexity index is 802. The Kier molecular flexibility index (Phi) is 5.34. The predicted molar refractivity (Wildman–Crippen MR) is 94.2 cm³/mol. The summed E-state index contributed by atoms with van der Waals surface area (Å²) in [7, 11) is 3.43. The molecular weight excluding hydrogens is 336 g/mol. The molecule has 8 nitrogen and oxygen atoms in total. The number of benzene rings is 1. The van der Waals surface area contributed by atoms with E-state index in [9.17, 15) is 14.7 Å². The fourth-order valence-electron chi connectivity index (χ4n) is 2.97. The first-order valence-electron chi connectivity index (χ1n) is 8.37. The number of hydrogen-bond acceptors (Lipinski definition) is 5. The Morgan fingerprint density at radius 1 is 1.35 bits per heavy atom. The maximum Gasteiger partial charge on any atom is 0.337 e. The number of morpholine rings is 1. The molecule has 1 fully saturated rings. The van der Waals surface area contributed by atoms with Crippen molar-refractivity contribution >= 4 is 11.9 Å². The molecule has 1 aliphatic heterocycles. The molecule has 1 aromatic heterocycles. The molecule has 0 radical (unpaired) electrons. The molecule has 0 unspecified atom stereocenters. The highest BCUT2D eigenvalue weighted by molar-refractivity contribution is 5.91. The van der Waals surface area contributed by atoms with Crippen molar-refractivity contribution in [2.24, 2.45) is 0 Å². The Hall–Kier alpha value is -2.71. The van der Waals surface area contributed by atoms with Crippen LogP contribution in [0.5, 0.6) is 0 Å². The van der Waals surface area contributed by atoms with Crippen molar-refractivity contribution in [3.63, 3.8) is 0 Å². The van der Waals surface area contributed by atoms with Gasteiger partial charge in [-0.1, -0.05) is 12.1 Å². The minimum Gasteiger partial charge on any atom is -0.478 e. The largest absolute Gasteiger partial charge is 0.478 e. The second kappa shape index (κ2) is 7.67. The summed E-state index contributed by atoms with van der Waals surface area (Å²) in [6.07, 6.45) is 3.08. The van der Waals surface area contributed by atoms with E-state index in [1.807, 2.05) is 6.20 Å². The lowest BCUT2D eigenvalue weighted by atomic mass is 10.2. The van der Waals surface area contributed by atoms with Gasteiger partial charge in [-0.2, -0.15) is 5.10 Å². The van der Waals surface area contributed by atoms with Gasteiger partial charge in [0, 0.05) is 45.5 Å². The lowest BCUT2D eigenvalue weighted by Gasteiger charge is -2.32. The highest BCUT2D eigenvalue weighted by atomic mass is 16.5. The van der Waals surface area contributed by atoms with Gasteiger partial charge in [0.2, 0.25) is 0 Å². The molecule has 1 saturated heterocycles. The van der Waals surface area contributed by atoms with Crippen LogP contribution >= 0.6 is 0 Å². The smallest absolute Gasteiger partial charge is 0.337 e. The first-order valence-corrected chi connectivity index (χ1v) is 8.37. The van der Waals surface area contributed by atoms with Crippen LogP contribution in [0.25, 0.3) is 5.69 Å². The van der Waals surface area contributed by atoms with Gasteiger partial charge in [-0.25, -0.2) is 9.48 Å². The number of nitrogens with zero attached hydrogens (tertiary/aromatic N) is 4. The summed E-state index contributed by atoms with van der Waals surface area (Å²) in [6, 6.07) is 6.74. The number of carboxylic acids is 1. The molecule has 1 atom stereocenters. The van der Waals surface area contributed by atoms with E-state index >= 15 is 0 Å². The van der Waals surface area contributed by atoms with Crippen LogP contribution in [0.15, 0.2) is 36.7 Å². The topological polar surface area (TPSA) is 87.9 Å². The molecule has 1 aromatic carbocycles. The fraction of sp³-hybridized carbons (Fsp3) is 0.389. The van der Waals surface area contributed by atoms with Gasteiger partial charge in [0.1, 0.15) is 6.10 Å². The maximum absolute atomic E-state index is 12.1. The first-order chi connectivity index (χ1) is 12.5. The van der Waals surface area contributed by atoms with E-state index in [4.69, 9.17) is 4.74 Å². The first kappa shape index (κ1) is 18.1. The van der Waals surface area contributed by atoms with Gasteiger partial charge in [0.05, 0.1) is 24.1 Å². The Labute approximate surface area is 151 Å². The number of carbonyl (C=O) groups excluding carboxylic acids is 1. The second-order valence-electron chi connectivity index (χ2n) is 6.44. The van der Waals surface area contributed by atoms with Crippen LogP contribution in [0.2, 0.25) is 0 Å². The molecule has 1 amide bonds. The number of aromatic nitrogens is 2. The standard InChI is InChI=1S/C18H22N4O4/c1-20(2)17(23)16-12-21(7-8-26-16)10-13-9-19-22(11-13)15-6-4-3-5-14(15)18(24)25/h3-6,9,11,16H,7-8,10,12H2,1-2H3,(H,24,25)/t16-/m0/s1. The third-order valence-corrected chi connectivity index (χ3v) is 4.29. The molecule has 2 aromatic rings. The summed E-state index contributed by atoms with van der Waals surface area (Å²) < 4.78 is 7.14. The van der Waals surface area contributed by atoms with Crippen molar-refractivity contribution in [2.45, 2.75) is 12.6 Å². The summed E-state index contributed by atoms with van der Waals surface area (Å²) in [4.78, 5) is 27.1. The number of carboxylic acid groups (broad SMARTS) is 1. The summed E-state index contributed by atoms with van der Waals surface area (Å²) in [6.45, 7) is 2.37. The van der Waals surface area contributed by atoms with Gasteiger partial charge >= 0.3 is 5.97 Å². The molecule has 138 valence electrons. The van der Waals surface area contributed by atoms with Crippen LogP contribution < -0.4 is 0 Å². The maximum atomic E-state index is 12.1. The number of ether oxygens (including phenoxy) is 1. The van der Waals surface area contributed by atoms with Crippen LogP contribution in [0.3, 0.4) is 0 Å². The monoisotopic (exact) mass is 358 g/mol. The number of aromatic carboxylic acids is 1. The Morgan fingerprint density at radius 2 is 2.12 bits per heavy atom. The average molecular weight is 358 g/mol. The highest BCUT2D eigenvalue weighted by Crippen LogP contribution is 2.16. The number of para-hydroxylation sites is 1. The molecule has 2 heterocycles. The minimum absolute atomic E-state index is 0.0409. The van der Waals surface area contributed by atoms with E-state index in [0.29, 0.717) is 25.4 Å². The number of likely N-dealkylation sites (N-methyl/N-ethyl adjacent to an activating group) is 1. The van der Waals surface area contributed by atoms with Crippen LogP contribution in [-0.4, -0.2) is 76.5 Å². The SMILES string of the molecule is CN(C)C(=O)[C@@H]1CN(Cc2cnn(-c3ccccc3C(=O)O)c2)CCO1. The van der Waals surface area contributed by atoms with Crippen molar-refractivity contribution in [1.82, 2.24) is 19.6 Å². The zero-order valence-corrected chi connectivity index (χ0v) is 14.8. The van der Waals surface area contributed by atoms with Gasteiger partial charge in [-0.3, -0.25) is 9.69 Å². The quantitative estimate of drug-likeness (QED) is 0.853. The molecule has 26 heavy (non-hydrogen) atoms. The van der Waals surface area contributed by atoms with E-state index in [-0.39, 0.29) is 11.5 Å². The average Bonchev–Trinajstić information content (AvgIpc) is 3.09. The van der Waals surface area contributed by atoms with E-state index in [2.05, 4.69) is 10.00 Å². The molecule has 0 aliphatic carbocycles. The molecule has 1 N–H and O–H groups in total. The Balaban J connectivity index is 1.71. The molecule has 3 rings (SSSR count). The second-order valence-corrected chi connectivity index (χ2v) is 6.44. The number of hydrogen-bond donors (Lipinski definition) is 1. The van der Waals surface area contributed by atoms with Gasteiger partial charge in [-0.15, -0.1) is 0 Å². The van der Waals surface area contributed by atoms with E-state index < -0.39 is 12.1 Å².